The van der Waals surface area contributed by atoms with Crippen molar-refractivity contribution >= 4 is 29.9 Å². The quantitative estimate of drug-likeness (QED) is 0.298. The van der Waals surface area contributed by atoms with Crippen LogP contribution in [-0.2, 0) is 13.6 Å². The summed E-state index contributed by atoms with van der Waals surface area (Å²) >= 11 is 0. The molecule has 9 nitrogen and oxygen atoms in total. The van der Waals surface area contributed by atoms with E-state index in [1.807, 2.05) is 40.2 Å². The van der Waals surface area contributed by atoms with E-state index in [2.05, 4.69) is 36.7 Å². The molecular weight excluding hydrogens is 485 g/mol. The standard InChI is InChI=1S/C19H31N7O2.HI/c1-7-20-19(22-12-18-23-13-24-26(18)4)21-11-15(25(2)3)14-8-9-16(27-5)17(10-14)28-6;/h8-10,13,15H,7,11-12H2,1-6H3,(H2,20,21,22);1H. The van der Waals surface area contributed by atoms with Crippen LogP contribution in [0.4, 0.5) is 0 Å². The highest BCUT2D eigenvalue weighted by molar-refractivity contribution is 14.0. The van der Waals surface area contributed by atoms with E-state index in [0.29, 0.717) is 13.1 Å². The molecule has 1 aromatic heterocycles. The first-order valence-electron chi connectivity index (χ1n) is 9.23. The van der Waals surface area contributed by atoms with Gasteiger partial charge in [0.15, 0.2) is 17.5 Å². The molecule has 0 fully saturated rings. The molecule has 29 heavy (non-hydrogen) atoms. The van der Waals surface area contributed by atoms with Crippen molar-refractivity contribution in [2.24, 2.45) is 12.0 Å². The van der Waals surface area contributed by atoms with Crippen molar-refractivity contribution in [2.45, 2.75) is 19.5 Å². The number of halogens is 1. The van der Waals surface area contributed by atoms with Crippen molar-refractivity contribution in [2.75, 3.05) is 41.4 Å². The number of ether oxygens (including phenoxy) is 2. The number of benzene rings is 1. The predicted octanol–water partition coefficient (Wildman–Crippen LogP) is 1.81. The van der Waals surface area contributed by atoms with Crippen LogP contribution in [0.3, 0.4) is 0 Å². The van der Waals surface area contributed by atoms with Crippen molar-refractivity contribution < 1.29 is 9.47 Å². The molecule has 0 aliphatic carbocycles. The molecule has 2 N–H and O–H groups in total. The predicted molar refractivity (Wildman–Crippen MR) is 125 cm³/mol. The van der Waals surface area contributed by atoms with Gasteiger partial charge < -0.3 is 25.0 Å². The topological polar surface area (TPSA) is 88.8 Å². The van der Waals surface area contributed by atoms with Crippen LogP contribution in [0, 0.1) is 0 Å². The van der Waals surface area contributed by atoms with Gasteiger partial charge in [0.2, 0.25) is 0 Å². The molecule has 0 bridgehead atoms. The van der Waals surface area contributed by atoms with E-state index < -0.39 is 0 Å². The summed E-state index contributed by atoms with van der Waals surface area (Å²) in [6.07, 6.45) is 1.53. The van der Waals surface area contributed by atoms with E-state index in [-0.39, 0.29) is 30.0 Å². The average Bonchev–Trinajstić information content (AvgIpc) is 3.10. The van der Waals surface area contributed by atoms with Crippen LogP contribution in [0.2, 0.25) is 0 Å². The van der Waals surface area contributed by atoms with Gasteiger partial charge in [-0.15, -0.1) is 24.0 Å². The summed E-state index contributed by atoms with van der Waals surface area (Å²) < 4.78 is 12.5. The summed E-state index contributed by atoms with van der Waals surface area (Å²) in [5.41, 5.74) is 1.12. The normalized spacial score (nSPS) is 12.3. The first-order valence-corrected chi connectivity index (χ1v) is 9.23. The molecule has 0 saturated carbocycles. The Balaban J connectivity index is 0.00000420. The van der Waals surface area contributed by atoms with Gasteiger partial charge in [-0.05, 0) is 38.7 Å². The molecule has 0 aliphatic rings. The van der Waals surface area contributed by atoms with E-state index in [1.54, 1.807) is 18.9 Å². The number of guanidine groups is 1. The summed E-state index contributed by atoms with van der Waals surface area (Å²) in [7, 11) is 9.24. The molecule has 0 saturated heterocycles. The third kappa shape index (κ3) is 7.03. The summed E-state index contributed by atoms with van der Waals surface area (Å²) in [6, 6.07) is 6.11. The molecule has 10 heteroatoms. The fraction of sp³-hybridized carbons (Fsp3) is 0.526. The Labute approximate surface area is 189 Å². The van der Waals surface area contributed by atoms with Gasteiger partial charge in [0.25, 0.3) is 0 Å². The summed E-state index contributed by atoms with van der Waals surface area (Å²) in [5.74, 6) is 2.98. The Morgan fingerprint density at radius 2 is 1.93 bits per heavy atom. The lowest BCUT2D eigenvalue weighted by Crippen LogP contribution is -2.41. The van der Waals surface area contributed by atoms with E-state index >= 15 is 0 Å². The maximum atomic E-state index is 5.45. The molecule has 1 aromatic carbocycles. The van der Waals surface area contributed by atoms with Crippen LogP contribution < -0.4 is 20.1 Å². The molecule has 162 valence electrons. The summed E-state index contributed by atoms with van der Waals surface area (Å²) in [6.45, 7) is 3.94. The van der Waals surface area contributed by atoms with Crippen molar-refractivity contribution in [3.05, 3.63) is 35.9 Å². The van der Waals surface area contributed by atoms with Gasteiger partial charge in [0.05, 0.1) is 20.3 Å². The maximum absolute atomic E-state index is 5.45. The van der Waals surface area contributed by atoms with E-state index in [4.69, 9.17) is 9.47 Å². The second kappa shape index (κ2) is 12.5. The van der Waals surface area contributed by atoms with Gasteiger partial charge in [-0.2, -0.15) is 5.10 Å². The zero-order valence-electron chi connectivity index (χ0n) is 18.0. The van der Waals surface area contributed by atoms with Crippen molar-refractivity contribution in [3.8, 4) is 11.5 Å². The largest absolute Gasteiger partial charge is 0.493 e. The van der Waals surface area contributed by atoms with Gasteiger partial charge in [-0.3, -0.25) is 4.68 Å². The molecule has 0 aliphatic heterocycles. The zero-order valence-corrected chi connectivity index (χ0v) is 20.3. The van der Waals surface area contributed by atoms with Crippen LogP contribution >= 0.6 is 24.0 Å². The van der Waals surface area contributed by atoms with Crippen molar-refractivity contribution in [1.29, 1.82) is 0 Å². The number of hydrogen-bond acceptors (Lipinski definition) is 6. The van der Waals surface area contributed by atoms with Crippen LogP contribution in [0.25, 0.3) is 0 Å². The first kappa shape index (κ1) is 25.0. The molecule has 2 aromatic rings. The lowest BCUT2D eigenvalue weighted by atomic mass is 10.1. The Hall–Kier alpha value is -2.08. The zero-order chi connectivity index (χ0) is 20.5. The Morgan fingerprint density at radius 3 is 2.48 bits per heavy atom. The number of hydrogen-bond donors (Lipinski definition) is 2. The Bertz CT molecular complexity index is 780. The second-order valence-electron chi connectivity index (χ2n) is 6.47. The van der Waals surface area contributed by atoms with E-state index in [0.717, 1.165) is 35.4 Å². The SMILES string of the molecule is CCNC(=NCc1ncnn1C)NCC(c1ccc(OC)c(OC)c1)N(C)C.I. The molecule has 0 amide bonds. The van der Waals surface area contributed by atoms with Gasteiger partial charge in [-0.25, -0.2) is 9.98 Å². The van der Waals surface area contributed by atoms with Gasteiger partial charge in [0, 0.05) is 20.1 Å². The first-order chi connectivity index (χ1) is 13.5. The third-order valence-corrected chi connectivity index (χ3v) is 4.41. The van der Waals surface area contributed by atoms with Crippen LogP contribution in [0.5, 0.6) is 11.5 Å². The van der Waals surface area contributed by atoms with Crippen molar-refractivity contribution in [3.63, 3.8) is 0 Å². The fourth-order valence-corrected chi connectivity index (χ4v) is 2.81. The third-order valence-electron chi connectivity index (χ3n) is 4.41. The Morgan fingerprint density at radius 1 is 1.21 bits per heavy atom. The number of aliphatic imine (C=N–C) groups is 1. The molecule has 1 heterocycles. The minimum atomic E-state index is 0. The lowest BCUT2D eigenvalue weighted by molar-refractivity contribution is 0.295. The van der Waals surface area contributed by atoms with Crippen molar-refractivity contribution in [1.82, 2.24) is 30.3 Å². The number of likely N-dealkylation sites (N-methyl/N-ethyl adjacent to an activating group) is 1. The number of aromatic nitrogens is 3. The molecule has 0 spiro atoms. The van der Waals surface area contributed by atoms with Gasteiger partial charge >= 0.3 is 0 Å². The number of methoxy groups -OCH3 is 2. The highest BCUT2D eigenvalue weighted by Crippen LogP contribution is 2.31. The minimum Gasteiger partial charge on any atom is -0.493 e. The van der Waals surface area contributed by atoms with Crippen LogP contribution in [0.15, 0.2) is 29.5 Å². The summed E-state index contributed by atoms with van der Waals surface area (Å²) in [5, 5.41) is 10.8. The molecule has 2 rings (SSSR count). The van der Waals surface area contributed by atoms with E-state index in [9.17, 15) is 0 Å². The molecule has 1 atom stereocenters. The van der Waals surface area contributed by atoms with Crippen LogP contribution in [-0.4, -0.2) is 67.0 Å². The minimum absolute atomic E-state index is 0. The van der Waals surface area contributed by atoms with E-state index in [1.165, 1.54) is 6.33 Å². The highest BCUT2D eigenvalue weighted by atomic mass is 127. The fourth-order valence-electron chi connectivity index (χ4n) is 2.81. The van der Waals surface area contributed by atoms with Crippen LogP contribution in [0.1, 0.15) is 24.4 Å². The second-order valence-corrected chi connectivity index (χ2v) is 6.47. The number of nitrogens with one attached hydrogen (secondary N) is 2. The van der Waals surface area contributed by atoms with Gasteiger partial charge in [0.1, 0.15) is 18.7 Å². The molecule has 0 radical (unpaired) electrons. The number of rotatable bonds is 9. The number of nitrogens with zero attached hydrogens (tertiary/aromatic N) is 5. The average molecular weight is 517 g/mol. The molecular formula is C19H32IN7O2. The smallest absolute Gasteiger partial charge is 0.191 e. The number of aryl methyl sites for hydroxylation is 1. The molecule has 1 unspecified atom stereocenters. The maximum Gasteiger partial charge on any atom is 0.191 e. The Kier molecular flexibility index (Phi) is 10.7. The highest BCUT2D eigenvalue weighted by Gasteiger charge is 2.17. The van der Waals surface area contributed by atoms with Gasteiger partial charge in [-0.1, -0.05) is 6.07 Å². The summed E-state index contributed by atoms with van der Waals surface area (Å²) in [4.78, 5) is 11.0. The monoisotopic (exact) mass is 517 g/mol. The lowest BCUT2D eigenvalue weighted by Gasteiger charge is -2.26.